The number of nitriles is 1. The Morgan fingerprint density at radius 1 is 1.35 bits per heavy atom. The highest BCUT2D eigenvalue weighted by Gasteiger charge is 2.10. The van der Waals surface area contributed by atoms with Crippen LogP contribution in [0, 0.1) is 18.3 Å². The van der Waals surface area contributed by atoms with Crippen molar-refractivity contribution in [3.05, 3.63) is 70.6 Å². The van der Waals surface area contributed by atoms with Crippen molar-refractivity contribution < 1.29 is 4.79 Å². The molecule has 1 amide bonds. The first-order chi connectivity index (χ1) is 11.1. The fraction of sp³-hybridized carbons (Fsp3) is 0.118. The van der Waals surface area contributed by atoms with Crippen LogP contribution in [0.5, 0.6) is 0 Å². The number of aryl methyl sites for hydroxylation is 1. The molecule has 23 heavy (non-hydrogen) atoms. The van der Waals surface area contributed by atoms with E-state index >= 15 is 0 Å². The van der Waals surface area contributed by atoms with Crippen LogP contribution >= 0.6 is 11.6 Å². The van der Waals surface area contributed by atoms with E-state index in [0.717, 1.165) is 11.1 Å². The molecule has 0 saturated carbocycles. The van der Waals surface area contributed by atoms with E-state index in [1.807, 2.05) is 25.1 Å². The summed E-state index contributed by atoms with van der Waals surface area (Å²) in [4.78, 5) is 16.1. The number of anilines is 1. The first-order valence-corrected chi connectivity index (χ1v) is 7.28. The average molecular weight is 327 g/mol. The van der Waals surface area contributed by atoms with E-state index in [4.69, 9.17) is 16.9 Å². The highest BCUT2D eigenvalue weighted by Crippen LogP contribution is 2.20. The summed E-state index contributed by atoms with van der Waals surface area (Å²) in [6, 6.07) is 10.8. The van der Waals surface area contributed by atoms with Gasteiger partial charge in [0.2, 0.25) is 0 Å². The molecule has 6 heteroatoms. The second-order valence-corrected chi connectivity index (χ2v) is 5.26. The monoisotopic (exact) mass is 326 g/mol. The molecule has 2 N–H and O–H groups in total. The molecule has 0 aliphatic heterocycles. The van der Waals surface area contributed by atoms with Crippen LogP contribution in [0.3, 0.4) is 0 Å². The van der Waals surface area contributed by atoms with Gasteiger partial charge in [-0.25, -0.2) is 0 Å². The zero-order chi connectivity index (χ0) is 16.7. The van der Waals surface area contributed by atoms with Crippen LogP contribution in [0.15, 0.2) is 54.5 Å². The standard InChI is InChI=1S/C17H15ClN4O/c1-12-2-3-15(18)8-16(12)22-17(23)14(9-19)11-21-10-13-4-6-20-7-5-13/h2-8,11,21H,10H2,1H3,(H,22,23)/b14-11-. The molecule has 0 spiro atoms. The first kappa shape index (κ1) is 16.5. The lowest BCUT2D eigenvalue weighted by Crippen LogP contribution is -2.17. The summed E-state index contributed by atoms with van der Waals surface area (Å²) in [5.74, 6) is -0.486. The average Bonchev–Trinajstić information content (AvgIpc) is 2.56. The van der Waals surface area contributed by atoms with Crippen molar-refractivity contribution >= 4 is 23.2 Å². The van der Waals surface area contributed by atoms with Crippen molar-refractivity contribution in [2.24, 2.45) is 0 Å². The number of rotatable bonds is 5. The van der Waals surface area contributed by atoms with Gasteiger partial charge >= 0.3 is 0 Å². The van der Waals surface area contributed by atoms with Crippen molar-refractivity contribution in [2.75, 3.05) is 5.32 Å². The number of nitrogens with zero attached hydrogens (tertiary/aromatic N) is 2. The molecule has 0 radical (unpaired) electrons. The van der Waals surface area contributed by atoms with E-state index in [9.17, 15) is 4.79 Å². The number of hydrogen-bond donors (Lipinski definition) is 2. The summed E-state index contributed by atoms with van der Waals surface area (Å²) in [5.41, 5.74) is 2.43. The quantitative estimate of drug-likeness (QED) is 0.653. The zero-order valence-corrected chi connectivity index (χ0v) is 13.3. The number of aromatic nitrogens is 1. The highest BCUT2D eigenvalue weighted by molar-refractivity contribution is 6.31. The largest absolute Gasteiger partial charge is 0.386 e. The number of hydrogen-bond acceptors (Lipinski definition) is 4. The van der Waals surface area contributed by atoms with Gasteiger partial charge in [-0.15, -0.1) is 0 Å². The Morgan fingerprint density at radius 3 is 2.78 bits per heavy atom. The van der Waals surface area contributed by atoms with E-state index in [1.54, 1.807) is 30.6 Å². The summed E-state index contributed by atoms with van der Waals surface area (Å²) in [6.07, 6.45) is 4.76. The minimum Gasteiger partial charge on any atom is -0.386 e. The number of nitrogens with one attached hydrogen (secondary N) is 2. The number of carbonyl (C=O) groups is 1. The van der Waals surface area contributed by atoms with E-state index < -0.39 is 5.91 Å². The minimum atomic E-state index is -0.486. The van der Waals surface area contributed by atoms with Crippen LogP contribution in [0.25, 0.3) is 0 Å². The number of amides is 1. The highest BCUT2D eigenvalue weighted by atomic mass is 35.5. The van der Waals surface area contributed by atoms with Gasteiger partial charge < -0.3 is 10.6 Å². The van der Waals surface area contributed by atoms with Crippen molar-refractivity contribution in [1.82, 2.24) is 10.3 Å². The molecule has 2 rings (SSSR count). The van der Waals surface area contributed by atoms with Gasteiger partial charge in [0.25, 0.3) is 5.91 Å². The maximum Gasteiger partial charge on any atom is 0.267 e. The van der Waals surface area contributed by atoms with Gasteiger partial charge in [-0.1, -0.05) is 17.7 Å². The molecule has 5 nitrogen and oxygen atoms in total. The topological polar surface area (TPSA) is 77.8 Å². The lowest BCUT2D eigenvalue weighted by molar-refractivity contribution is -0.112. The predicted molar refractivity (Wildman–Crippen MR) is 89.6 cm³/mol. The van der Waals surface area contributed by atoms with Crippen molar-refractivity contribution in [3.8, 4) is 6.07 Å². The van der Waals surface area contributed by atoms with Gasteiger partial charge in [-0.3, -0.25) is 9.78 Å². The Kier molecular flexibility index (Phi) is 5.73. The second-order valence-electron chi connectivity index (χ2n) is 4.82. The third-order valence-electron chi connectivity index (χ3n) is 3.11. The normalized spacial score (nSPS) is 10.7. The Morgan fingerprint density at radius 2 is 2.09 bits per heavy atom. The van der Waals surface area contributed by atoms with Crippen molar-refractivity contribution in [3.63, 3.8) is 0 Å². The Balaban J connectivity index is 2.02. The number of carbonyl (C=O) groups excluding carboxylic acids is 1. The van der Waals surface area contributed by atoms with Crippen LogP contribution in [-0.2, 0) is 11.3 Å². The van der Waals surface area contributed by atoms with E-state index in [-0.39, 0.29) is 5.57 Å². The Bertz CT molecular complexity index is 766. The molecule has 2 aromatic rings. The van der Waals surface area contributed by atoms with Gasteiger partial charge in [0.15, 0.2) is 0 Å². The predicted octanol–water partition coefficient (Wildman–Crippen LogP) is 3.18. The molecule has 0 atom stereocenters. The van der Waals surface area contributed by atoms with E-state index in [0.29, 0.717) is 17.3 Å². The van der Waals surface area contributed by atoms with Crippen LogP contribution < -0.4 is 10.6 Å². The summed E-state index contributed by atoms with van der Waals surface area (Å²) in [5, 5.41) is 15.3. The number of benzene rings is 1. The van der Waals surface area contributed by atoms with Crippen LogP contribution in [0.1, 0.15) is 11.1 Å². The van der Waals surface area contributed by atoms with Gasteiger partial charge in [0.1, 0.15) is 11.6 Å². The third-order valence-corrected chi connectivity index (χ3v) is 3.35. The first-order valence-electron chi connectivity index (χ1n) is 6.90. The minimum absolute atomic E-state index is 0.0153. The van der Waals surface area contributed by atoms with Gasteiger partial charge in [0.05, 0.1) is 0 Å². The summed E-state index contributed by atoms with van der Waals surface area (Å²) < 4.78 is 0. The lowest BCUT2D eigenvalue weighted by atomic mass is 10.2. The van der Waals surface area contributed by atoms with E-state index in [1.165, 1.54) is 6.20 Å². The molecule has 0 bridgehead atoms. The molecule has 116 valence electrons. The molecule has 0 unspecified atom stereocenters. The number of halogens is 1. The molecule has 1 aromatic carbocycles. The van der Waals surface area contributed by atoms with Crippen LogP contribution in [0.4, 0.5) is 5.69 Å². The molecule has 0 aliphatic rings. The van der Waals surface area contributed by atoms with Crippen molar-refractivity contribution in [1.29, 1.82) is 5.26 Å². The van der Waals surface area contributed by atoms with Gasteiger partial charge in [-0.05, 0) is 42.3 Å². The molecule has 1 aromatic heterocycles. The zero-order valence-electron chi connectivity index (χ0n) is 12.5. The van der Waals surface area contributed by atoms with Gasteiger partial charge in [-0.2, -0.15) is 5.26 Å². The van der Waals surface area contributed by atoms with E-state index in [2.05, 4.69) is 15.6 Å². The SMILES string of the molecule is Cc1ccc(Cl)cc1NC(=O)/C(C#N)=C\NCc1ccncc1. The smallest absolute Gasteiger partial charge is 0.267 e. The second kappa shape index (κ2) is 7.97. The Hall–Kier alpha value is -2.84. The molecular formula is C17H15ClN4O. The summed E-state index contributed by atoms with van der Waals surface area (Å²) in [7, 11) is 0. The maximum absolute atomic E-state index is 12.2. The summed E-state index contributed by atoms with van der Waals surface area (Å²) >= 11 is 5.92. The number of pyridine rings is 1. The maximum atomic E-state index is 12.2. The third kappa shape index (κ3) is 4.83. The van der Waals surface area contributed by atoms with Crippen molar-refractivity contribution in [2.45, 2.75) is 13.5 Å². The molecule has 1 heterocycles. The van der Waals surface area contributed by atoms with Crippen LogP contribution in [-0.4, -0.2) is 10.9 Å². The summed E-state index contributed by atoms with van der Waals surface area (Å²) in [6.45, 7) is 2.35. The fourth-order valence-electron chi connectivity index (χ4n) is 1.84. The molecule has 0 aliphatic carbocycles. The lowest BCUT2D eigenvalue weighted by Gasteiger charge is -2.08. The Labute approximate surface area is 139 Å². The van der Waals surface area contributed by atoms with Crippen LogP contribution in [0.2, 0.25) is 5.02 Å². The van der Waals surface area contributed by atoms with Gasteiger partial charge in [0, 0.05) is 35.8 Å². The fourth-order valence-corrected chi connectivity index (χ4v) is 2.01. The molecule has 0 fully saturated rings. The molecule has 0 saturated heterocycles. The molecular weight excluding hydrogens is 312 g/mol.